The SMILES string of the molecule is CCc1ccc2nc3c(c(CS)c2c1)CN(C)CC3. The standard InChI is InChI=1S/C16H20N2S/c1-3-11-4-5-15-12(8-11)14(10-19)13-9-18(2)7-6-16(13)17-15/h4-5,8,19H,3,6-7,9-10H2,1-2H3. The van der Waals surface area contributed by atoms with E-state index < -0.39 is 0 Å². The Morgan fingerprint density at radius 3 is 2.95 bits per heavy atom. The lowest BCUT2D eigenvalue weighted by molar-refractivity contribution is 0.309. The molecule has 2 aromatic rings. The Kier molecular flexibility index (Phi) is 3.50. The zero-order valence-electron chi connectivity index (χ0n) is 11.6. The Morgan fingerprint density at radius 2 is 2.21 bits per heavy atom. The molecular formula is C16H20N2S. The molecule has 2 nitrogen and oxygen atoms in total. The summed E-state index contributed by atoms with van der Waals surface area (Å²) in [6.07, 6.45) is 2.12. The van der Waals surface area contributed by atoms with Gasteiger partial charge in [-0.15, -0.1) is 0 Å². The van der Waals surface area contributed by atoms with Gasteiger partial charge in [-0.3, -0.25) is 4.98 Å². The second-order valence-corrected chi connectivity index (χ2v) is 5.68. The van der Waals surface area contributed by atoms with Gasteiger partial charge in [-0.05, 0) is 42.3 Å². The number of pyridine rings is 1. The van der Waals surface area contributed by atoms with E-state index in [1.807, 2.05) is 0 Å². The predicted octanol–water partition coefficient (Wildman–Crippen LogP) is 3.21. The number of likely N-dealkylation sites (N-methyl/N-ethyl adjacent to an activating group) is 1. The molecule has 0 spiro atoms. The topological polar surface area (TPSA) is 16.1 Å². The number of hydrogen-bond donors (Lipinski definition) is 1. The van der Waals surface area contributed by atoms with E-state index in [9.17, 15) is 0 Å². The Balaban J connectivity index is 2.27. The van der Waals surface area contributed by atoms with E-state index in [0.717, 1.165) is 37.2 Å². The lowest BCUT2D eigenvalue weighted by Crippen LogP contribution is -2.28. The number of fused-ring (bicyclic) bond motifs is 2. The number of aromatic nitrogens is 1. The first-order valence-corrected chi connectivity index (χ1v) is 7.58. The first-order valence-electron chi connectivity index (χ1n) is 6.95. The second-order valence-electron chi connectivity index (χ2n) is 5.37. The predicted molar refractivity (Wildman–Crippen MR) is 83.8 cm³/mol. The third kappa shape index (κ3) is 2.26. The van der Waals surface area contributed by atoms with Crippen LogP contribution >= 0.6 is 12.6 Å². The van der Waals surface area contributed by atoms with E-state index in [1.165, 1.54) is 27.8 Å². The number of nitrogens with zero attached hydrogens (tertiary/aromatic N) is 2. The van der Waals surface area contributed by atoms with Crippen molar-refractivity contribution in [3.63, 3.8) is 0 Å². The Bertz CT molecular complexity index is 622. The van der Waals surface area contributed by atoms with Crippen LogP contribution in [-0.4, -0.2) is 23.5 Å². The smallest absolute Gasteiger partial charge is 0.0708 e. The van der Waals surface area contributed by atoms with Crippen molar-refractivity contribution in [2.45, 2.75) is 32.1 Å². The van der Waals surface area contributed by atoms with Crippen molar-refractivity contribution in [3.8, 4) is 0 Å². The van der Waals surface area contributed by atoms with Crippen molar-refractivity contribution >= 4 is 23.5 Å². The summed E-state index contributed by atoms with van der Waals surface area (Å²) >= 11 is 4.57. The van der Waals surface area contributed by atoms with Gasteiger partial charge in [0.2, 0.25) is 0 Å². The summed E-state index contributed by atoms with van der Waals surface area (Å²) in [5, 5.41) is 1.29. The van der Waals surface area contributed by atoms with Crippen molar-refractivity contribution < 1.29 is 0 Å². The molecule has 3 rings (SSSR count). The van der Waals surface area contributed by atoms with Gasteiger partial charge in [-0.2, -0.15) is 12.6 Å². The first kappa shape index (κ1) is 12.9. The van der Waals surface area contributed by atoms with Crippen LogP contribution in [0.1, 0.15) is 29.3 Å². The summed E-state index contributed by atoms with van der Waals surface area (Å²) in [5.41, 5.74) is 6.57. The molecule has 1 aliphatic rings. The minimum Gasteiger partial charge on any atom is -0.302 e. The van der Waals surface area contributed by atoms with Crippen molar-refractivity contribution in [3.05, 3.63) is 40.6 Å². The number of thiol groups is 1. The fourth-order valence-electron chi connectivity index (χ4n) is 2.91. The molecule has 0 radical (unpaired) electrons. The molecule has 0 atom stereocenters. The maximum Gasteiger partial charge on any atom is 0.0708 e. The Morgan fingerprint density at radius 1 is 1.37 bits per heavy atom. The van der Waals surface area contributed by atoms with Gasteiger partial charge < -0.3 is 4.90 Å². The van der Waals surface area contributed by atoms with Gasteiger partial charge in [0.15, 0.2) is 0 Å². The molecule has 2 heterocycles. The molecule has 0 saturated heterocycles. The highest BCUT2D eigenvalue weighted by atomic mass is 32.1. The van der Waals surface area contributed by atoms with E-state index in [-0.39, 0.29) is 0 Å². The minimum atomic E-state index is 0.794. The number of benzene rings is 1. The molecule has 1 aromatic heterocycles. The summed E-state index contributed by atoms with van der Waals surface area (Å²) in [5.74, 6) is 0.794. The molecule has 0 amide bonds. The molecule has 0 saturated carbocycles. The average molecular weight is 272 g/mol. The van der Waals surface area contributed by atoms with Crippen LogP contribution in [-0.2, 0) is 25.1 Å². The van der Waals surface area contributed by atoms with E-state index in [1.54, 1.807) is 0 Å². The van der Waals surface area contributed by atoms with E-state index >= 15 is 0 Å². The van der Waals surface area contributed by atoms with Gasteiger partial charge in [0.05, 0.1) is 5.52 Å². The normalized spacial score (nSPS) is 15.7. The summed E-state index contributed by atoms with van der Waals surface area (Å²) in [4.78, 5) is 7.24. The molecule has 1 aliphatic heterocycles. The van der Waals surface area contributed by atoms with Crippen LogP contribution in [0.5, 0.6) is 0 Å². The summed E-state index contributed by atoms with van der Waals surface area (Å²) in [7, 11) is 2.18. The van der Waals surface area contributed by atoms with Crippen LogP contribution in [0.3, 0.4) is 0 Å². The van der Waals surface area contributed by atoms with Crippen molar-refractivity contribution in [2.24, 2.45) is 0 Å². The average Bonchev–Trinajstić information content (AvgIpc) is 2.44. The Hall–Kier alpha value is -1.06. The zero-order chi connectivity index (χ0) is 13.4. The molecule has 3 heteroatoms. The quantitative estimate of drug-likeness (QED) is 0.845. The van der Waals surface area contributed by atoms with Crippen LogP contribution in [0, 0.1) is 0 Å². The highest BCUT2D eigenvalue weighted by molar-refractivity contribution is 7.79. The maximum absolute atomic E-state index is 4.87. The third-order valence-corrected chi connectivity index (χ3v) is 4.40. The van der Waals surface area contributed by atoms with Crippen LogP contribution in [0.15, 0.2) is 18.2 Å². The lowest BCUT2D eigenvalue weighted by atomic mass is 9.96. The van der Waals surface area contributed by atoms with E-state index in [2.05, 4.69) is 49.7 Å². The summed E-state index contributed by atoms with van der Waals surface area (Å²) in [6, 6.07) is 6.65. The van der Waals surface area contributed by atoms with Gasteiger partial charge in [-0.1, -0.05) is 13.0 Å². The number of rotatable bonds is 2. The second kappa shape index (κ2) is 5.14. The molecule has 100 valence electrons. The summed E-state index contributed by atoms with van der Waals surface area (Å²) in [6.45, 7) is 4.30. The van der Waals surface area contributed by atoms with Crippen LogP contribution < -0.4 is 0 Å². The molecule has 19 heavy (non-hydrogen) atoms. The number of hydrogen-bond acceptors (Lipinski definition) is 3. The van der Waals surface area contributed by atoms with Crippen LogP contribution in [0.25, 0.3) is 10.9 Å². The highest BCUT2D eigenvalue weighted by Gasteiger charge is 2.19. The molecular weight excluding hydrogens is 252 g/mol. The lowest BCUT2D eigenvalue weighted by Gasteiger charge is -2.27. The van der Waals surface area contributed by atoms with Gasteiger partial charge >= 0.3 is 0 Å². The molecule has 0 bridgehead atoms. The monoisotopic (exact) mass is 272 g/mol. The van der Waals surface area contributed by atoms with Crippen molar-refractivity contribution in [1.29, 1.82) is 0 Å². The van der Waals surface area contributed by atoms with E-state index in [0.29, 0.717) is 0 Å². The molecule has 0 unspecified atom stereocenters. The molecule has 0 N–H and O–H groups in total. The number of aryl methyl sites for hydroxylation is 1. The highest BCUT2D eigenvalue weighted by Crippen LogP contribution is 2.29. The minimum absolute atomic E-state index is 0.794. The molecule has 1 aromatic carbocycles. The van der Waals surface area contributed by atoms with Gasteiger partial charge in [-0.25, -0.2) is 0 Å². The van der Waals surface area contributed by atoms with Gasteiger partial charge in [0.1, 0.15) is 0 Å². The van der Waals surface area contributed by atoms with Crippen molar-refractivity contribution in [1.82, 2.24) is 9.88 Å². The largest absolute Gasteiger partial charge is 0.302 e. The van der Waals surface area contributed by atoms with Crippen molar-refractivity contribution in [2.75, 3.05) is 13.6 Å². The van der Waals surface area contributed by atoms with E-state index in [4.69, 9.17) is 4.98 Å². The zero-order valence-corrected chi connectivity index (χ0v) is 12.5. The van der Waals surface area contributed by atoms with Gasteiger partial charge in [0.25, 0.3) is 0 Å². The van der Waals surface area contributed by atoms with Gasteiger partial charge in [0, 0.05) is 36.3 Å². The fourth-order valence-corrected chi connectivity index (χ4v) is 3.27. The van der Waals surface area contributed by atoms with Crippen LogP contribution in [0.2, 0.25) is 0 Å². The third-order valence-electron chi connectivity index (χ3n) is 4.08. The Labute approximate surface area is 120 Å². The first-order chi connectivity index (χ1) is 9.22. The summed E-state index contributed by atoms with van der Waals surface area (Å²) < 4.78 is 0. The maximum atomic E-state index is 4.87. The molecule has 0 fully saturated rings. The fraction of sp³-hybridized carbons (Fsp3) is 0.438. The molecule has 0 aliphatic carbocycles. The van der Waals surface area contributed by atoms with Crippen LogP contribution in [0.4, 0.5) is 0 Å².